The molecule has 0 saturated heterocycles. The van der Waals surface area contributed by atoms with Gasteiger partial charge in [-0.1, -0.05) is 12.1 Å². The number of benzene rings is 4. The van der Waals surface area contributed by atoms with E-state index in [1.165, 1.54) is 83.8 Å². The maximum Gasteiger partial charge on any atom is 0.340 e. The maximum absolute atomic E-state index is 15.1. The number of hydrogen-bond acceptors (Lipinski definition) is 28. The first-order chi connectivity index (χ1) is 68.4. The van der Waals surface area contributed by atoms with E-state index >= 15 is 9.59 Å². The van der Waals surface area contributed by atoms with Crippen molar-refractivity contribution in [2.24, 2.45) is 51.6 Å². The summed E-state index contributed by atoms with van der Waals surface area (Å²) in [4.78, 5) is 215. The van der Waals surface area contributed by atoms with Crippen molar-refractivity contribution < 1.29 is 96.7 Å². The minimum absolute atomic E-state index is 0.00453. The molecule has 0 radical (unpaired) electrons. The number of carbonyl (C=O) groups is 15. The number of ether oxygens (including phenoxy) is 2. The number of nitrogens with one attached hydrogen (secondary N) is 24. The largest absolute Gasteiger partial charge is 0.508 e. The number of primary amides is 2. The standard InChI is InChI=1S/C90H138N34O20/c1-124(2)89(105)112-41-12-20-61(76(135)116-57(72(94)131)15-7-36-107-84(95)96)119-80(139)63(18-10-39-110-87(101)102)122-82(141)65(31-32-69(93)128)123-81(140)64(19-11-40-111-88(103)104)121-79(138)62(17-9-38-109-86(99)100)120-78(137)60(14-4-6-35-92)118-77(136)59(13-3-5-34-91)117-75(134)58(16-8-37-108-85(97)98)114-71(130)47-113-74(133)66(43-48-21-24-50(125)25-22-48)115-70(129)33-42-106-73(132)49-23-28-53-56(44-49)90(144-83(53)142)54-29-26-51(126)45-67(54)143-68-46-52(127)27-30-55(68)90/h21-30,44-46,57-66,125-127H,3-20,31-43,47,91-92H2,1-2H3,(H2,93,128)(H2,94,131)(H2,105,112)(H,106,132)(H,113,133)(H,114,130)(H,115,129)(H,116,135)(H,117,134)(H,118,136)(H,119,139)(H,120,137)(H,121,138)(H,122,141)(H,123,140)(H4,95,96,107)(H4,97,98,108)(H4,99,100,109)(H4,101,102,110)(H4,103,104,111)/t57-,58-,59-,60-,61-,62-,63-,64-,65-,66-/m0/s1. The molecule has 0 saturated carbocycles. The van der Waals surface area contributed by atoms with Crippen LogP contribution < -0.4 is 152 Å². The number of hydrogen-bond donors (Lipinski definition) is 36. The highest BCUT2D eigenvalue weighted by Crippen LogP contribution is 2.57. The fourth-order valence-corrected chi connectivity index (χ4v) is 15.3. The molecule has 0 fully saturated rings. The average molecular weight is 2020 g/mol. The van der Waals surface area contributed by atoms with Gasteiger partial charge in [-0.15, -0.1) is 0 Å². The lowest BCUT2D eigenvalue weighted by Crippen LogP contribution is -2.60. The van der Waals surface area contributed by atoms with Gasteiger partial charge in [-0.25, -0.2) is 4.79 Å². The Labute approximate surface area is 830 Å². The van der Waals surface area contributed by atoms with E-state index in [2.05, 4.69) is 95.7 Å². The molecule has 0 aliphatic carbocycles. The number of carbonyl (C=O) groups excluding carboxylic acids is 15. The number of rotatable bonds is 63. The summed E-state index contributed by atoms with van der Waals surface area (Å²) in [6.45, 7) is -0.888. The molecular weight excluding hydrogens is 1880 g/mol. The van der Waals surface area contributed by atoms with Gasteiger partial charge in [-0.2, -0.15) is 0 Å². The maximum atomic E-state index is 15.1. The van der Waals surface area contributed by atoms with Gasteiger partial charge in [-0.05, 0) is 195 Å². The quantitative estimate of drug-likeness (QED) is 0.00845. The van der Waals surface area contributed by atoms with Crippen molar-refractivity contribution in [3.05, 3.63) is 112 Å². The van der Waals surface area contributed by atoms with E-state index < -0.39 is 204 Å². The lowest BCUT2D eigenvalue weighted by Gasteiger charge is -2.36. The topological polar surface area (TPSA) is 932 Å². The Bertz CT molecular complexity index is 5150. The van der Waals surface area contributed by atoms with Gasteiger partial charge in [0.05, 0.1) is 12.1 Å². The zero-order valence-corrected chi connectivity index (χ0v) is 80.3. The number of phenols is 3. The summed E-state index contributed by atoms with van der Waals surface area (Å²) >= 11 is 0. The first kappa shape index (κ1) is 116. The molecule has 45 N–H and O–H groups in total. The van der Waals surface area contributed by atoms with Crippen LogP contribution in [-0.2, 0) is 79.1 Å². The Morgan fingerprint density at radius 1 is 0.354 bits per heavy atom. The van der Waals surface area contributed by atoms with Gasteiger partial charge in [0.1, 0.15) is 89.2 Å². The number of esters is 1. The highest BCUT2D eigenvalue weighted by molar-refractivity contribution is 6.03. The lowest BCUT2D eigenvalue weighted by molar-refractivity contribution is -0.136. The number of nitrogens with two attached hydrogens (primary N) is 9. The van der Waals surface area contributed by atoms with Gasteiger partial charge in [0.2, 0.25) is 76.8 Å². The third-order valence-electron chi connectivity index (χ3n) is 22.8. The predicted molar refractivity (Wildman–Crippen MR) is 527 cm³/mol. The Kier molecular flexibility index (Phi) is 47.9. The van der Waals surface area contributed by atoms with Crippen LogP contribution in [0.3, 0.4) is 0 Å². The Hall–Kier alpha value is -16.3. The molecule has 0 unspecified atom stereocenters. The van der Waals surface area contributed by atoms with E-state index in [-0.39, 0.29) is 232 Å². The fourth-order valence-electron chi connectivity index (χ4n) is 15.3. The molecule has 54 nitrogen and oxygen atoms in total. The molecule has 4 aromatic rings. The third-order valence-corrected chi connectivity index (χ3v) is 22.8. The minimum Gasteiger partial charge on any atom is -0.508 e. The van der Waals surface area contributed by atoms with Gasteiger partial charge >= 0.3 is 5.97 Å². The monoisotopic (exact) mass is 2020 g/mol. The number of nitrogens with zero attached hydrogens (tertiary/aromatic N) is 1. The number of fused-ring (bicyclic) bond motifs is 6. The highest BCUT2D eigenvalue weighted by Gasteiger charge is 2.54. The molecule has 54 heteroatoms. The molecule has 144 heavy (non-hydrogen) atoms. The van der Waals surface area contributed by atoms with Crippen molar-refractivity contribution in [2.75, 3.05) is 79.5 Å². The minimum atomic E-state index is -1.77. The van der Waals surface area contributed by atoms with Crippen molar-refractivity contribution in [1.82, 2.24) is 101 Å². The molecular formula is C90H138N34O20. The molecule has 0 aromatic heterocycles. The molecule has 1 spiro atoms. The molecule has 14 amide bonds. The normalized spacial score (nSPS) is 13.8. The second kappa shape index (κ2) is 59.3. The number of amides is 14. The second-order valence-electron chi connectivity index (χ2n) is 34.3. The van der Waals surface area contributed by atoms with Crippen LogP contribution in [0.1, 0.15) is 178 Å². The van der Waals surface area contributed by atoms with E-state index in [9.17, 15) is 77.6 Å². The predicted octanol–water partition coefficient (Wildman–Crippen LogP) is -7.11. The summed E-state index contributed by atoms with van der Waals surface area (Å²) in [5, 5.41) is 125. The Morgan fingerprint density at radius 3 is 1.07 bits per heavy atom. The molecule has 0 bridgehead atoms. The first-order valence-electron chi connectivity index (χ1n) is 46.9. The Morgan fingerprint density at radius 2 is 0.701 bits per heavy atom. The van der Waals surface area contributed by atoms with Crippen LogP contribution in [-0.4, -0.2) is 285 Å². The van der Waals surface area contributed by atoms with Crippen molar-refractivity contribution >= 4 is 124 Å². The molecule has 4 aromatic carbocycles. The number of aromatic hydroxyl groups is 3. The smallest absolute Gasteiger partial charge is 0.340 e. The molecule has 788 valence electrons. The highest BCUT2D eigenvalue weighted by atomic mass is 16.6. The lowest BCUT2D eigenvalue weighted by atomic mass is 9.77. The average Bonchev–Trinajstić information content (AvgIpc) is 1.52. The number of guanidine groups is 6. The summed E-state index contributed by atoms with van der Waals surface area (Å²) in [6.07, 6.45) is -2.01. The van der Waals surface area contributed by atoms with Crippen molar-refractivity contribution in [2.45, 2.75) is 207 Å². The molecule has 6 rings (SSSR count). The molecule has 2 heterocycles. The summed E-state index contributed by atoms with van der Waals surface area (Å²) in [5.74, 6) is -16.5. The SMILES string of the molecule is CN(C)C(=N)NCCC[C@H](NC(=O)[C@H](CCCNC(=N)N)NC(=O)[C@H](CCC(N)=O)NC(=O)[C@H](CCCNC(=N)N)NC(=O)[C@H](CCCNC(=N)N)NC(=O)[C@H](CCCCN)NC(=O)[C@H](CCCCN)NC(=O)[C@H](CCCNC(=N)N)NC(=O)CNC(=O)[C@H](Cc1ccc(O)cc1)NC(=O)CCNC(=O)c1ccc2c(c1)C1(OC2=O)c2ccc(O)cc2Oc2cc(O)ccc21)C(=O)N[C@@H](CCCNC(=N)N)C(N)=O. The fraction of sp³-hybridized carbons (Fsp3) is 0.500. The molecule has 10 atom stereocenters. The molecule has 2 aliphatic rings. The van der Waals surface area contributed by atoms with Gasteiger partial charge in [0.15, 0.2) is 41.4 Å². The third kappa shape index (κ3) is 39.0. The summed E-state index contributed by atoms with van der Waals surface area (Å²) in [6, 6.07) is 2.71. The summed E-state index contributed by atoms with van der Waals surface area (Å²) in [5.41, 5.74) is 50.5. The van der Waals surface area contributed by atoms with Crippen molar-refractivity contribution in [1.29, 1.82) is 32.5 Å². The van der Waals surface area contributed by atoms with E-state index in [0.717, 1.165) is 0 Å². The number of unbranched alkanes of at least 4 members (excludes halogenated alkanes) is 2. The van der Waals surface area contributed by atoms with E-state index in [1.807, 2.05) is 0 Å². The van der Waals surface area contributed by atoms with E-state index in [1.54, 1.807) is 14.1 Å². The van der Waals surface area contributed by atoms with Crippen LogP contribution in [0.25, 0.3) is 0 Å². The van der Waals surface area contributed by atoms with Crippen molar-refractivity contribution in [3.8, 4) is 28.7 Å². The van der Waals surface area contributed by atoms with Crippen LogP contribution >= 0.6 is 0 Å². The van der Waals surface area contributed by atoms with Gasteiger partial charge in [0.25, 0.3) is 5.91 Å². The van der Waals surface area contributed by atoms with E-state index in [4.69, 9.17) is 93.5 Å². The van der Waals surface area contributed by atoms with Crippen molar-refractivity contribution in [3.63, 3.8) is 0 Å². The Balaban J connectivity index is 1.22. The number of phenolic OH excluding ortho intramolecular Hbond substituents is 3. The summed E-state index contributed by atoms with van der Waals surface area (Å²) in [7, 11) is 3.22. The zero-order valence-electron chi connectivity index (χ0n) is 80.3. The van der Waals surface area contributed by atoms with Crippen LogP contribution in [0.4, 0.5) is 0 Å². The van der Waals surface area contributed by atoms with Gasteiger partial charge in [-0.3, -0.25) is 99.6 Å². The van der Waals surface area contributed by atoms with Gasteiger partial charge in [0, 0.05) is 114 Å². The van der Waals surface area contributed by atoms with Crippen LogP contribution in [0.2, 0.25) is 0 Å². The molecule has 2 aliphatic heterocycles. The second-order valence-corrected chi connectivity index (χ2v) is 34.3. The van der Waals surface area contributed by atoms with Crippen LogP contribution in [0.15, 0.2) is 78.9 Å². The summed E-state index contributed by atoms with van der Waals surface area (Å²) < 4.78 is 12.2. The van der Waals surface area contributed by atoms with Crippen LogP contribution in [0, 0.1) is 32.5 Å². The first-order valence-corrected chi connectivity index (χ1v) is 46.9. The zero-order chi connectivity index (χ0) is 106. The van der Waals surface area contributed by atoms with Crippen LogP contribution in [0.5, 0.6) is 28.7 Å². The van der Waals surface area contributed by atoms with E-state index in [0.29, 0.717) is 23.1 Å². The van der Waals surface area contributed by atoms with Gasteiger partial charge < -0.3 is 177 Å².